The van der Waals surface area contributed by atoms with Crippen molar-refractivity contribution in [3.63, 3.8) is 0 Å². The number of para-hydroxylation sites is 1. The van der Waals surface area contributed by atoms with Crippen LogP contribution < -0.4 is 10.1 Å². The summed E-state index contributed by atoms with van der Waals surface area (Å²) in [5, 5.41) is 3.01. The van der Waals surface area contributed by atoms with Crippen LogP contribution in [0.1, 0.15) is 24.6 Å². The number of ether oxygens (including phenoxy) is 1. The van der Waals surface area contributed by atoms with Gasteiger partial charge in [-0.15, -0.1) is 0 Å². The quantitative estimate of drug-likeness (QED) is 0.624. The molecule has 1 N–H and O–H groups in total. The summed E-state index contributed by atoms with van der Waals surface area (Å²) in [5.41, 5.74) is 2.04. The summed E-state index contributed by atoms with van der Waals surface area (Å²) in [6.07, 6.45) is 4.05. The van der Waals surface area contributed by atoms with Gasteiger partial charge in [-0.25, -0.2) is 0 Å². The predicted molar refractivity (Wildman–Crippen MR) is 113 cm³/mol. The summed E-state index contributed by atoms with van der Waals surface area (Å²) in [7, 11) is 0. The third kappa shape index (κ3) is 4.87. The van der Waals surface area contributed by atoms with E-state index in [9.17, 15) is 4.79 Å². The highest BCUT2D eigenvalue weighted by Crippen LogP contribution is 2.29. The van der Waals surface area contributed by atoms with Gasteiger partial charge in [0.1, 0.15) is 11.5 Å². The van der Waals surface area contributed by atoms with E-state index >= 15 is 0 Å². The second-order valence-corrected chi connectivity index (χ2v) is 7.23. The zero-order valence-corrected chi connectivity index (χ0v) is 16.4. The second kappa shape index (κ2) is 9.43. The first kappa shape index (κ1) is 19.3. The number of carbonyl (C=O) groups is 1. The van der Waals surface area contributed by atoms with E-state index in [0.717, 1.165) is 30.0 Å². The van der Waals surface area contributed by atoms with Crippen LogP contribution in [0.3, 0.4) is 0 Å². The van der Waals surface area contributed by atoms with Crippen molar-refractivity contribution in [2.75, 3.05) is 26.2 Å². The van der Waals surface area contributed by atoms with Crippen molar-refractivity contribution in [3.05, 3.63) is 78.8 Å². The molecule has 0 bridgehead atoms. The Balaban J connectivity index is 1.36. The largest absolute Gasteiger partial charge is 0.483 e. The van der Waals surface area contributed by atoms with Crippen molar-refractivity contribution < 1.29 is 13.9 Å². The maximum absolute atomic E-state index is 12.5. The van der Waals surface area contributed by atoms with Crippen LogP contribution in [0.2, 0.25) is 0 Å². The van der Waals surface area contributed by atoms with E-state index in [-0.39, 0.29) is 18.6 Å². The van der Waals surface area contributed by atoms with E-state index in [1.165, 1.54) is 12.8 Å². The zero-order chi connectivity index (χ0) is 19.9. The maximum atomic E-state index is 12.5. The van der Waals surface area contributed by atoms with Crippen LogP contribution in [0.15, 0.2) is 77.4 Å². The Morgan fingerprint density at radius 2 is 1.76 bits per heavy atom. The standard InChI is InChI=1S/C24H26N2O3/c27-24(25-17-21(23-13-8-16-28-23)26-14-6-7-15-26)18-29-22-12-5-4-11-20(22)19-9-2-1-3-10-19/h1-5,8-13,16,21H,6-7,14-15,17-18H2,(H,25,27). The Morgan fingerprint density at radius 1 is 1.00 bits per heavy atom. The van der Waals surface area contributed by atoms with E-state index < -0.39 is 0 Å². The van der Waals surface area contributed by atoms with Gasteiger partial charge >= 0.3 is 0 Å². The average Bonchev–Trinajstić information content (AvgIpc) is 3.48. The lowest BCUT2D eigenvalue weighted by Gasteiger charge is -2.26. The summed E-state index contributed by atoms with van der Waals surface area (Å²) in [6, 6.07) is 21.7. The lowest BCUT2D eigenvalue weighted by atomic mass is 10.1. The fraction of sp³-hybridized carbons (Fsp3) is 0.292. The highest BCUT2D eigenvalue weighted by atomic mass is 16.5. The minimum Gasteiger partial charge on any atom is -0.483 e. The molecule has 5 nitrogen and oxygen atoms in total. The summed E-state index contributed by atoms with van der Waals surface area (Å²) in [6.45, 7) is 2.55. The molecule has 1 aliphatic rings. The van der Waals surface area contributed by atoms with Gasteiger partial charge in [-0.1, -0.05) is 48.5 Å². The smallest absolute Gasteiger partial charge is 0.258 e. The van der Waals surface area contributed by atoms with Crippen molar-refractivity contribution in [2.24, 2.45) is 0 Å². The molecule has 0 spiro atoms. The highest BCUT2D eigenvalue weighted by molar-refractivity contribution is 5.78. The van der Waals surface area contributed by atoms with Gasteiger partial charge in [0.15, 0.2) is 6.61 Å². The van der Waals surface area contributed by atoms with Crippen molar-refractivity contribution in [3.8, 4) is 16.9 Å². The number of nitrogens with zero attached hydrogens (tertiary/aromatic N) is 1. The Kier molecular flexibility index (Phi) is 6.27. The Morgan fingerprint density at radius 3 is 2.52 bits per heavy atom. The number of amides is 1. The Bertz CT molecular complexity index is 903. The molecule has 1 amide bonds. The molecule has 1 atom stereocenters. The number of furan rings is 1. The van der Waals surface area contributed by atoms with Crippen LogP contribution in [0, 0.1) is 0 Å². The van der Waals surface area contributed by atoms with E-state index in [0.29, 0.717) is 12.3 Å². The van der Waals surface area contributed by atoms with Crippen molar-refractivity contribution >= 4 is 5.91 Å². The van der Waals surface area contributed by atoms with Crippen molar-refractivity contribution in [1.29, 1.82) is 0 Å². The van der Waals surface area contributed by atoms with Gasteiger partial charge in [0, 0.05) is 12.1 Å². The normalized spacial score (nSPS) is 15.2. The molecule has 0 saturated carbocycles. The molecule has 0 radical (unpaired) electrons. The first-order valence-corrected chi connectivity index (χ1v) is 10.1. The van der Waals surface area contributed by atoms with Gasteiger partial charge in [-0.05, 0) is 49.7 Å². The second-order valence-electron chi connectivity index (χ2n) is 7.23. The minimum atomic E-state index is -0.136. The third-order valence-electron chi connectivity index (χ3n) is 5.28. The molecule has 4 rings (SSSR count). The average molecular weight is 390 g/mol. The molecule has 29 heavy (non-hydrogen) atoms. The van der Waals surface area contributed by atoms with Crippen LogP contribution in [0.25, 0.3) is 11.1 Å². The molecule has 1 aliphatic heterocycles. The Hall–Kier alpha value is -3.05. The van der Waals surface area contributed by atoms with Crippen molar-refractivity contribution in [1.82, 2.24) is 10.2 Å². The first-order chi connectivity index (χ1) is 14.3. The molecule has 1 fully saturated rings. The number of hydrogen-bond acceptors (Lipinski definition) is 4. The summed E-state index contributed by atoms with van der Waals surface area (Å²) >= 11 is 0. The zero-order valence-electron chi connectivity index (χ0n) is 16.4. The van der Waals surface area contributed by atoms with Gasteiger partial charge in [0.05, 0.1) is 12.3 Å². The molecule has 1 unspecified atom stereocenters. The lowest BCUT2D eigenvalue weighted by molar-refractivity contribution is -0.123. The van der Waals surface area contributed by atoms with Crippen LogP contribution in [0.4, 0.5) is 0 Å². The van der Waals surface area contributed by atoms with Crippen LogP contribution in [-0.4, -0.2) is 37.0 Å². The molecule has 2 aromatic carbocycles. The van der Waals surface area contributed by atoms with Gasteiger partial charge in [-0.3, -0.25) is 9.69 Å². The molecule has 0 aliphatic carbocycles. The molecular weight excluding hydrogens is 364 g/mol. The summed E-state index contributed by atoms with van der Waals surface area (Å²) in [4.78, 5) is 14.8. The number of benzene rings is 2. The van der Waals surface area contributed by atoms with Crippen LogP contribution in [0.5, 0.6) is 5.75 Å². The third-order valence-corrected chi connectivity index (χ3v) is 5.28. The monoisotopic (exact) mass is 390 g/mol. The summed E-state index contributed by atoms with van der Waals surface area (Å²) < 4.78 is 11.5. The molecule has 3 aromatic rings. The number of hydrogen-bond donors (Lipinski definition) is 1. The number of carbonyl (C=O) groups excluding carboxylic acids is 1. The van der Waals surface area contributed by atoms with E-state index in [1.54, 1.807) is 6.26 Å². The van der Waals surface area contributed by atoms with Gasteiger partial charge in [0.2, 0.25) is 0 Å². The molecule has 1 saturated heterocycles. The van der Waals surface area contributed by atoms with Crippen molar-refractivity contribution in [2.45, 2.75) is 18.9 Å². The molecule has 2 heterocycles. The maximum Gasteiger partial charge on any atom is 0.258 e. The number of nitrogens with one attached hydrogen (secondary N) is 1. The SMILES string of the molecule is O=C(COc1ccccc1-c1ccccc1)NCC(c1ccco1)N1CCCC1. The van der Waals surface area contributed by atoms with Gasteiger partial charge in [0.25, 0.3) is 5.91 Å². The van der Waals surface area contributed by atoms with E-state index in [1.807, 2.05) is 66.7 Å². The molecule has 5 heteroatoms. The lowest BCUT2D eigenvalue weighted by Crippen LogP contribution is -2.38. The molecule has 150 valence electrons. The number of rotatable bonds is 8. The van der Waals surface area contributed by atoms with Gasteiger partial charge < -0.3 is 14.5 Å². The predicted octanol–water partition coefficient (Wildman–Crippen LogP) is 4.28. The number of likely N-dealkylation sites (tertiary alicyclic amines) is 1. The first-order valence-electron chi connectivity index (χ1n) is 10.1. The van der Waals surface area contributed by atoms with E-state index in [4.69, 9.17) is 9.15 Å². The van der Waals surface area contributed by atoms with Crippen LogP contribution in [-0.2, 0) is 4.79 Å². The fourth-order valence-corrected chi connectivity index (χ4v) is 3.80. The fourth-order valence-electron chi connectivity index (χ4n) is 3.80. The topological polar surface area (TPSA) is 54.7 Å². The molecule has 1 aromatic heterocycles. The summed E-state index contributed by atoms with van der Waals surface area (Å²) in [5.74, 6) is 1.46. The highest BCUT2D eigenvalue weighted by Gasteiger charge is 2.26. The van der Waals surface area contributed by atoms with E-state index in [2.05, 4.69) is 10.2 Å². The van der Waals surface area contributed by atoms with Gasteiger partial charge in [-0.2, -0.15) is 0 Å². The van der Waals surface area contributed by atoms with Crippen LogP contribution >= 0.6 is 0 Å². The molecular formula is C24H26N2O3. The minimum absolute atomic E-state index is 0.0191. The Labute approximate surface area is 171 Å².